The van der Waals surface area contributed by atoms with E-state index in [0.29, 0.717) is 11.8 Å². The van der Waals surface area contributed by atoms with E-state index in [-0.39, 0.29) is 11.5 Å². The van der Waals surface area contributed by atoms with Crippen molar-refractivity contribution in [2.75, 3.05) is 7.05 Å². The minimum absolute atomic E-state index is 0.0932. The summed E-state index contributed by atoms with van der Waals surface area (Å²) in [6.07, 6.45) is 6.13. The van der Waals surface area contributed by atoms with Crippen LogP contribution in [-0.4, -0.2) is 29.3 Å². The van der Waals surface area contributed by atoms with Gasteiger partial charge in [-0.25, -0.2) is 0 Å². The van der Waals surface area contributed by atoms with Crippen LogP contribution in [0, 0.1) is 5.92 Å². The van der Waals surface area contributed by atoms with Gasteiger partial charge in [0.25, 0.3) is 0 Å². The van der Waals surface area contributed by atoms with E-state index >= 15 is 0 Å². The van der Waals surface area contributed by atoms with Gasteiger partial charge in [-0.2, -0.15) is 0 Å². The summed E-state index contributed by atoms with van der Waals surface area (Å²) in [5, 5.41) is 0. The van der Waals surface area contributed by atoms with Gasteiger partial charge in [-0.1, -0.05) is 26.3 Å². The minimum atomic E-state index is -0.330. The fraction of sp³-hybridized carbons (Fsp3) is 0.812. The fourth-order valence-corrected chi connectivity index (χ4v) is 2.42. The molecule has 2 heteroatoms. The number of allylic oxidation sites excluding steroid dienone is 1. The van der Waals surface area contributed by atoms with Gasteiger partial charge in [0.05, 0.1) is 5.54 Å². The lowest BCUT2D eigenvalue weighted by molar-refractivity contribution is -0.134. The Labute approximate surface area is 113 Å². The summed E-state index contributed by atoms with van der Waals surface area (Å²) < 4.78 is 0. The van der Waals surface area contributed by atoms with Crippen LogP contribution in [-0.2, 0) is 4.79 Å². The van der Waals surface area contributed by atoms with Crippen LogP contribution in [0.25, 0.3) is 0 Å². The van der Waals surface area contributed by atoms with Crippen LogP contribution >= 0.6 is 0 Å². The lowest BCUT2D eigenvalue weighted by atomic mass is 9.82. The molecule has 0 aromatic carbocycles. The average molecular weight is 253 g/mol. The molecule has 0 N–H and O–H groups in total. The first kappa shape index (κ1) is 17.4. The maximum Gasteiger partial charge on any atom is 0.155 e. The predicted molar refractivity (Wildman–Crippen MR) is 79.8 cm³/mol. The average Bonchev–Trinajstić information content (AvgIpc) is 2.32. The van der Waals surface area contributed by atoms with Gasteiger partial charge < -0.3 is 0 Å². The number of likely N-dealkylation sites (N-methyl/N-ethyl adjacent to an activating group) is 1. The number of carbonyl (C=O) groups is 1. The summed E-state index contributed by atoms with van der Waals surface area (Å²) in [7, 11) is 2.07. The molecule has 0 heterocycles. The second-order valence-corrected chi connectivity index (χ2v) is 6.03. The Morgan fingerprint density at radius 3 is 2.22 bits per heavy atom. The lowest BCUT2D eigenvalue weighted by Crippen LogP contribution is -2.54. The maximum atomic E-state index is 12.5. The standard InChI is InChI=1S/C16H31NO/c1-8-9-10-11-12-16(6,15(18)13(2)3)17(7)14(4)5/h8,13-14H,1,9-12H2,2-7H3/t16-/m0/s1. The second kappa shape index (κ2) is 7.73. The van der Waals surface area contributed by atoms with Gasteiger partial charge in [0.15, 0.2) is 5.78 Å². The van der Waals surface area contributed by atoms with E-state index in [9.17, 15) is 4.79 Å². The third-order valence-electron chi connectivity index (χ3n) is 3.93. The van der Waals surface area contributed by atoms with Crippen molar-refractivity contribution in [3.8, 4) is 0 Å². The molecule has 18 heavy (non-hydrogen) atoms. The van der Waals surface area contributed by atoms with E-state index in [1.165, 1.54) is 0 Å². The molecule has 0 rings (SSSR count). The van der Waals surface area contributed by atoms with Crippen LogP contribution < -0.4 is 0 Å². The quantitative estimate of drug-likeness (QED) is 0.456. The molecule has 0 saturated heterocycles. The van der Waals surface area contributed by atoms with Gasteiger partial charge in [0.2, 0.25) is 0 Å². The van der Waals surface area contributed by atoms with Crippen LogP contribution in [0.3, 0.4) is 0 Å². The zero-order valence-electron chi connectivity index (χ0n) is 13.1. The number of rotatable bonds is 9. The molecule has 1 atom stereocenters. The highest BCUT2D eigenvalue weighted by Crippen LogP contribution is 2.27. The molecule has 0 spiro atoms. The molecule has 0 radical (unpaired) electrons. The van der Waals surface area contributed by atoms with Crippen molar-refractivity contribution in [1.29, 1.82) is 0 Å². The van der Waals surface area contributed by atoms with Gasteiger partial charge in [0.1, 0.15) is 0 Å². The van der Waals surface area contributed by atoms with Crippen LogP contribution in [0.2, 0.25) is 0 Å². The smallest absolute Gasteiger partial charge is 0.155 e. The van der Waals surface area contributed by atoms with E-state index in [2.05, 4.69) is 39.3 Å². The molecule has 2 nitrogen and oxygen atoms in total. The molecule has 106 valence electrons. The van der Waals surface area contributed by atoms with Crippen molar-refractivity contribution in [2.24, 2.45) is 5.92 Å². The monoisotopic (exact) mass is 253 g/mol. The summed E-state index contributed by atoms with van der Waals surface area (Å²) in [6.45, 7) is 14.1. The summed E-state index contributed by atoms with van der Waals surface area (Å²) in [6, 6.07) is 0.386. The Balaban J connectivity index is 4.80. The Bertz CT molecular complexity index is 270. The van der Waals surface area contributed by atoms with Crippen LogP contribution in [0.1, 0.15) is 60.3 Å². The van der Waals surface area contributed by atoms with E-state index in [4.69, 9.17) is 0 Å². The Hall–Kier alpha value is -0.630. The highest BCUT2D eigenvalue weighted by Gasteiger charge is 2.38. The van der Waals surface area contributed by atoms with Crippen molar-refractivity contribution in [3.63, 3.8) is 0 Å². The number of ketones is 1. The molecule has 0 aromatic rings. The number of nitrogens with zero attached hydrogens (tertiary/aromatic N) is 1. The summed E-state index contributed by atoms with van der Waals surface area (Å²) in [5.74, 6) is 0.452. The molecule has 0 aliphatic heterocycles. The first-order valence-electron chi connectivity index (χ1n) is 7.15. The lowest BCUT2D eigenvalue weighted by Gasteiger charge is -2.41. The predicted octanol–water partition coefficient (Wildman–Crippen LogP) is 4.06. The first-order chi connectivity index (χ1) is 8.27. The molecule has 0 unspecified atom stereocenters. The Morgan fingerprint density at radius 2 is 1.83 bits per heavy atom. The van der Waals surface area contributed by atoms with Crippen molar-refractivity contribution >= 4 is 5.78 Å². The molecule has 0 aliphatic rings. The van der Waals surface area contributed by atoms with Gasteiger partial charge in [-0.15, -0.1) is 6.58 Å². The number of hydrogen-bond donors (Lipinski definition) is 0. The topological polar surface area (TPSA) is 20.3 Å². The fourth-order valence-electron chi connectivity index (χ4n) is 2.42. The number of hydrogen-bond acceptors (Lipinski definition) is 2. The summed E-state index contributed by atoms with van der Waals surface area (Å²) >= 11 is 0. The zero-order valence-corrected chi connectivity index (χ0v) is 13.1. The number of unbranched alkanes of at least 4 members (excludes halogenated alkanes) is 2. The molecule has 0 amide bonds. The SMILES string of the molecule is C=CCCCC[C@@](C)(C(=O)C(C)C)N(C)C(C)C. The third-order valence-corrected chi connectivity index (χ3v) is 3.93. The van der Waals surface area contributed by atoms with Crippen molar-refractivity contribution in [1.82, 2.24) is 4.90 Å². The normalized spacial score (nSPS) is 15.2. The van der Waals surface area contributed by atoms with Crippen molar-refractivity contribution in [3.05, 3.63) is 12.7 Å². The van der Waals surface area contributed by atoms with E-state index < -0.39 is 0 Å². The van der Waals surface area contributed by atoms with Crippen molar-refractivity contribution < 1.29 is 4.79 Å². The molecule has 0 fully saturated rings. The second-order valence-electron chi connectivity index (χ2n) is 6.03. The number of carbonyl (C=O) groups excluding carboxylic acids is 1. The van der Waals surface area contributed by atoms with E-state index in [1.807, 2.05) is 19.9 Å². The van der Waals surface area contributed by atoms with Gasteiger partial charge in [-0.05, 0) is 47.1 Å². The summed E-state index contributed by atoms with van der Waals surface area (Å²) in [5.41, 5.74) is -0.330. The van der Waals surface area contributed by atoms with Gasteiger partial charge in [-0.3, -0.25) is 9.69 Å². The maximum absolute atomic E-state index is 12.5. The van der Waals surface area contributed by atoms with E-state index in [0.717, 1.165) is 25.7 Å². The molecule has 0 bridgehead atoms. The Morgan fingerprint density at radius 1 is 1.28 bits per heavy atom. The molecule has 0 aromatic heterocycles. The minimum Gasteiger partial charge on any atom is -0.297 e. The number of Topliss-reactive ketones (excluding diaryl/α,β-unsaturated/α-hetero) is 1. The first-order valence-corrected chi connectivity index (χ1v) is 7.15. The van der Waals surface area contributed by atoms with Crippen LogP contribution in [0.4, 0.5) is 0 Å². The highest BCUT2D eigenvalue weighted by molar-refractivity contribution is 5.89. The third kappa shape index (κ3) is 4.56. The molecule has 0 aliphatic carbocycles. The zero-order chi connectivity index (χ0) is 14.3. The molecular weight excluding hydrogens is 222 g/mol. The Kier molecular flexibility index (Phi) is 7.46. The molecule has 0 saturated carbocycles. The van der Waals surface area contributed by atoms with Gasteiger partial charge in [0, 0.05) is 12.0 Å². The van der Waals surface area contributed by atoms with Crippen molar-refractivity contribution in [2.45, 2.75) is 71.9 Å². The summed E-state index contributed by atoms with van der Waals surface area (Å²) in [4.78, 5) is 14.7. The van der Waals surface area contributed by atoms with E-state index in [1.54, 1.807) is 0 Å². The molecular formula is C16H31NO. The van der Waals surface area contributed by atoms with Crippen LogP contribution in [0.15, 0.2) is 12.7 Å². The largest absolute Gasteiger partial charge is 0.297 e. The van der Waals surface area contributed by atoms with Crippen LogP contribution in [0.5, 0.6) is 0 Å². The van der Waals surface area contributed by atoms with Gasteiger partial charge >= 0.3 is 0 Å². The highest BCUT2D eigenvalue weighted by atomic mass is 16.1.